The molecule has 0 aromatic heterocycles. The summed E-state index contributed by atoms with van der Waals surface area (Å²) in [4.78, 5) is 23.6. The van der Waals surface area contributed by atoms with Crippen molar-refractivity contribution in [2.45, 2.75) is 43.8 Å². The van der Waals surface area contributed by atoms with Gasteiger partial charge in [0.25, 0.3) is 0 Å². The minimum atomic E-state index is -1.04. The van der Waals surface area contributed by atoms with Crippen LogP contribution < -0.4 is 0 Å². The van der Waals surface area contributed by atoms with Crippen LogP contribution in [-0.2, 0) is 9.53 Å². The molecule has 0 bridgehead atoms. The van der Waals surface area contributed by atoms with Crippen molar-refractivity contribution in [1.82, 2.24) is 4.90 Å². The molecule has 1 atom stereocenters. The van der Waals surface area contributed by atoms with Crippen LogP contribution in [0.5, 0.6) is 0 Å². The van der Waals surface area contributed by atoms with Crippen molar-refractivity contribution in [3.05, 3.63) is 0 Å². The number of ether oxygens (including phenoxy) is 1. The lowest BCUT2D eigenvalue weighted by Gasteiger charge is -2.29. The van der Waals surface area contributed by atoms with Gasteiger partial charge in [0.2, 0.25) is 0 Å². The zero-order valence-corrected chi connectivity index (χ0v) is 12.1. The highest BCUT2D eigenvalue weighted by molar-refractivity contribution is 14.1. The lowest BCUT2D eigenvalue weighted by molar-refractivity contribution is -0.138. The summed E-state index contributed by atoms with van der Waals surface area (Å²) in [7, 11) is 0. The standard InChI is InChI=1S/C10H18INO4/c1-5-7(11)12(6-8(13)14)9(15)16-10(2,3)4/h7H,5-6H2,1-4H3,(H,13,14)/t7-/m1/s1. The lowest BCUT2D eigenvalue weighted by Crippen LogP contribution is -2.43. The van der Waals surface area contributed by atoms with Crippen LogP contribution in [-0.4, -0.2) is 38.3 Å². The molecule has 0 aliphatic rings. The number of carbonyl (C=O) groups is 2. The molecule has 0 aliphatic carbocycles. The number of carboxylic acid groups (broad SMARTS) is 1. The number of halogens is 1. The molecule has 1 N–H and O–H groups in total. The highest BCUT2D eigenvalue weighted by Gasteiger charge is 2.27. The third-order valence-corrected chi connectivity index (χ3v) is 3.16. The molecular weight excluding hydrogens is 325 g/mol. The highest BCUT2D eigenvalue weighted by atomic mass is 127. The van der Waals surface area contributed by atoms with Gasteiger partial charge < -0.3 is 9.84 Å². The molecule has 0 aromatic carbocycles. The Morgan fingerprint density at radius 1 is 1.44 bits per heavy atom. The molecule has 6 heteroatoms. The number of amides is 1. The Bertz CT molecular complexity index is 262. The number of nitrogens with zero attached hydrogens (tertiary/aromatic N) is 1. The second-order valence-corrected chi connectivity index (χ2v) is 5.78. The largest absolute Gasteiger partial charge is 0.480 e. The summed E-state index contributed by atoms with van der Waals surface area (Å²) in [6.07, 6.45) is 0.0868. The van der Waals surface area contributed by atoms with E-state index in [4.69, 9.17) is 9.84 Å². The Balaban J connectivity index is 4.63. The maximum atomic E-state index is 11.7. The third-order valence-electron chi connectivity index (χ3n) is 1.61. The number of rotatable bonds is 4. The number of aliphatic carboxylic acids is 1. The third kappa shape index (κ3) is 6.14. The first kappa shape index (κ1) is 15.5. The average molecular weight is 343 g/mol. The van der Waals surface area contributed by atoms with Crippen LogP contribution in [0.3, 0.4) is 0 Å². The normalized spacial score (nSPS) is 13.1. The van der Waals surface area contributed by atoms with Gasteiger partial charge in [0.1, 0.15) is 12.1 Å². The van der Waals surface area contributed by atoms with Gasteiger partial charge in [0, 0.05) is 0 Å². The summed E-state index contributed by atoms with van der Waals surface area (Å²) in [6, 6.07) is 0. The first-order chi connectivity index (χ1) is 7.17. The quantitative estimate of drug-likeness (QED) is 0.484. The molecule has 1 amide bonds. The summed E-state index contributed by atoms with van der Waals surface area (Å²) >= 11 is 2.03. The minimum Gasteiger partial charge on any atom is -0.480 e. The molecule has 0 saturated carbocycles. The van der Waals surface area contributed by atoms with Crippen LogP contribution in [0.15, 0.2) is 0 Å². The monoisotopic (exact) mass is 343 g/mol. The van der Waals surface area contributed by atoms with Gasteiger partial charge in [-0.1, -0.05) is 29.5 Å². The molecule has 0 aromatic rings. The summed E-state index contributed by atoms with van der Waals surface area (Å²) in [6.45, 7) is 6.79. The van der Waals surface area contributed by atoms with E-state index in [1.54, 1.807) is 20.8 Å². The molecule has 5 nitrogen and oxygen atoms in total. The summed E-state index contributed by atoms with van der Waals surface area (Å²) in [5.74, 6) is -1.04. The second-order valence-electron chi connectivity index (χ2n) is 4.34. The van der Waals surface area contributed by atoms with Gasteiger partial charge in [0.15, 0.2) is 0 Å². The number of hydrogen-bond donors (Lipinski definition) is 1. The van der Waals surface area contributed by atoms with Crippen molar-refractivity contribution in [2.75, 3.05) is 6.54 Å². The Morgan fingerprint density at radius 2 is 1.94 bits per heavy atom. The predicted octanol–water partition coefficient (Wildman–Crippen LogP) is 2.48. The fourth-order valence-electron chi connectivity index (χ4n) is 0.965. The lowest BCUT2D eigenvalue weighted by atomic mass is 10.2. The van der Waals surface area contributed by atoms with Crippen LogP contribution >= 0.6 is 22.6 Å². The maximum absolute atomic E-state index is 11.7. The van der Waals surface area contributed by atoms with Crippen LogP contribution in [0, 0.1) is 0 Å². The first-order valence-corrected chi connectivity index (χ1v) is 6.27. The van der Waals surface area contributed by atoms with E-state index in [1.807, 2.05) is 29.5 Å². The minimum absolute atomic E-state index is 0.177. The van der Waals surface area contributed by atoms with E-state index in [2.05, 4.69) is 0 Å². The molecule has 0 spiro atoms. The van der Waals surface area contributed by atoms with Crippen molar-refractivity contribution < 1.29 is 19.4 Å². The number of hydrogen-bond acceptors (Lipinski definition) is 3. The van der Waals surface area contributed by atoms with Gasteiger partial charge in [-0.3, -0.25) is 9.69 Å². The van der Waals surface area contributed by atoms with Crippen molar-refractivity contribution in [3.63, 3.8) is 0 Å². The topological polar surface area (TPSA) is 66.8 Å². The van der Waals surface area contributed by atoms with E-state index in [1.165, 1.54) is 4.90 Å². The van der Waals surface area contributed by atoms with Crippen molar-refractivity contribution in [3.8, 4) is 0 Å². The van der Waals surface area contributed by atoms with Gasteiger partial charge >= 0.3 is 12.1 Å². The average Bonchev–Trinajstić information content (AvgIpc) is 2.09. The Kier molecular flexibility index (Phi) is 6.06. The van der Waals surface area contributed by atoms with Gasteiger partial charge in [-0.2, -0.15) is 0 Å². The molecule has 94 valence electrons. The van der Waals surface area contributed by atoms with Crippen molar-refractivity contribution >= 4 is 34.7 Å². The molecule has 0 fully saturated rings. The van der Waals surface area contributed by atoms with Gasteiger partial charge in [-0.25, -0.2) is 4.79 Å². The Morgan fingerprint density at radius 3 is 2.25 bits per heavy atom. The van der Waals surface area contributed by atoms with E-state index < -0.39 is 17.7 Å². The SMILES string of the molecule is CC[C@H](I)N(CC(=O)O)C(=O)OC(C)(C)C. The maximum Gasteiger partial charge on any atom is 0.411 e. The van der Waals surface area contributed by atoms with Gasteiger partial charge in [-0.15, -0.1) is 0 Å². The number of alkyl halides is 1. The van der Waals surface area contributed by atoms with Crippen LogP contribution in [0.25, 0.3) is 0 Å². The first-order valence-electron chi connectivity index (χ1n) is 5.03. The van der Waals surface area contributed by atoms with E-state index >= 15 is 0 Å². The second kappa shape index (κ2) is 6.27. The molecule has 0 aliphatic heterocycles. The molecular formula is C10H18INO4. The summed E-state index contributed by atoms with van der Waals surface area (Å²) in [5, 5.41) is 8.72. The van der Waals surface area contributed by atoms with Crippen LogP contribution in [0.4, 0.5) is 4.79 Å². The summed E-state index contributed by atoms with van der Waals surface area (Å²) in [5.41, 5.74) is -0.613. The fraction of sp³-hybridized carbons (Fsp3) is 0.800. The zero-order valence-electron chi connectivity index (χ0n) is 9.99. The van der Waals surface area contributed by atoms with Crippen molar-refractivity contribution in [2.24, 2.45) is 0 Å². The molecule has 0 unspecified atom stereocenters. The number of carboxylic acids is 1. The predicted molar refractivity (Wildman–Crippen MR) is 68.7 cm³/mol. The zero-order chi connectivity index (χ0) is 12.9. The fourth-order valence-corrected chi connectivity index (χ4v) is 1.39. The highest BCUT2D eigenvalue weighted by Crippen LogP contribution is 2.17. The van der Waals surface area contributed by atoms with Crippen LogP contribution in [0.1, 0.15) is 34.1 Å². The number of carbonyl (C=O) groups excluding carboxylic acids is 1. The van der Waals surface area contributed by atoms with E-state index in [0.29, 0.717) is 6.42 Å². The molecule has 0 saturated heterocycles. The molecule has 0 radical (unpaired) electrons. The molecule has 0 rings (SSSR count). The van der Waals surface area contributed by atoms with Gasteiger partial charge in [-0.05, 0) is 27.2 Å². The Labute approximate surface area is 109 Å². The van der Waals surface area contributed by atoms with E-state index in [0.717, 1.165) is 0 Å². The Hall–Kier alpha value is -0.530. The van der Waals surface area contributed by atoms with Crippen molar-refractivity contribution in [1.29, 1.82) is 0 Å². The smallest absolute Gasteiger partial charge is 0.411 e. The van der Waals surface area contributed by atoms with Crippen LogP contribution in [0.2, 0.25) is 0 Å². The molecule has 16 heavy (non-hydrogen) atoms. The summed E-state index contributed by atoms with van der Waals surface area (Å²) < 4.78 is 4.97. The van der Waals surface area contributed by atoms with Gasteiger partial charge in [0.05, 0.1) is 4.05 Å². The van der Waals surface area contributed by atoms with E-state index in [9.17, 15) is 9.59 Å². The van der Waals surface area contributed by atoms with E-state index in [-0.39, 0.29) is 10.6 Å². The molecule has 0 heterocycles.